The first-order chi connectivity index (χ1) is 15.1. The third kappa shape index (κ3) is 4.40. The predicted molar refractivity (Wildman–Crippen MR) is 125 cm³/mol. The van der Waals surface area contributed by atoms with Crippen molar-refractivity contribution in [3.05, 3.63) is 82.7 Å². The van der Waals surface area contributed by atoms with Crippen LogP contribution in [0.1, 0.15) is 9.67 Å². The molecule has 1 heterocycles. The largest absolute Gasteiger partial charge is 0.493 e. The van der Waals surface area contributed by atoms with Gasteiger partial charge in [0, 0.05) is 23.3 Å². The summed E-state index contributed by atoms with van der Waals surface area (Å²) in [7, 11) is 3.06. The third-order valence-electron chi connectivity index (χ3n) is 4.62. The lowest BCUT2D eigenvalue weighted by Gasteiger charge is -2.12. The second-order valence-electron chi connectivity index (χ2n) is 6.57. The average Bonchev–Trinajstić information content (AvgIpc) is 3.27. The fraction of sp³-hybridized carbons (Fsp3) is 0.0833. The number of thiazole rings is 1. The average molecular weight is 451 g/mol. The maximum absolute atomic E-state index is 13.3. The highest BCUT2D eigenvalue weighted by Gasteiger charge is 2.22. The first kappa shape index (κ1) is 20.9. The van der Waals surface area contributed by atoms with Crippen LogP contribution in [-0.4, -0.2) is 25.1 Å². The van der Waals surface area contributed by atoms with Crippen LogP contribution in [0.2, 0.25) is 5.02 Å². The maximum Gasteiger partial charge on any atom is 0.268 e. The van der Waals surface area contributed by atoms with Crippen LogP contribution in [0.3, 0.4) is 0 Å². The van der Waals surface area contributed by atoms with E-state index in [1.54, 1.807) is 12.1 Å². The van der Waals surface area contributed by atoms with Crippen molar-refractivity contribution in [1.82, 2.24) is 4.98 Å². The maximum atomic E-state index is 13.3. The van der Waals surface area contributed by atoms with Gasteiger partial charge in [0.1, 0.15) is 9.88 Å². The lowest BCUT2D eigenvalue weighted by Crippen LogP contribution is -2.12. The van der Waals surface area contributed by atoms with Gasteiger partial charge in [0.25, 0.3) is 5.91 Å². The summed E-state index contributed by atoms with van der Waals surface area (Å²) in [6.07, 6.45) is 0. The van der Waals surface area contributed by atoms with E-state index in [4.69, 9.17) is 26.1 Å². The number of benzene rings is 3. The quantitative estimate of drug-likeness (QED) is 0.369. The number of anilines is 1. The SMILES string of the molecule is COc1cc(Cl)c(NC(=O)c2sc(-c3ccccc3)nc2-c2ccccc2)cc1OC. The van der Waals surface area contributed by atoms with Crippen molar-refractivity contribution in [3.8, 4) is 33.3 Å². The molecule has 0 atom stereocenters. The van der Waals surface area contributed by atoms with Gasteiger partial charge < -0.3 is 14.8 Å². The molecule has 4 rings (SSSR count). The van der Waals surface area contributed by atoms with Crippen LogP contribution in [0, 0.1) is 0 Å². The zero-order valence-electron chi connectivity index (χ0n) is 16.9. The minimum Gasteiger partial charge on any atom is -0.493 e. The van der Waals surface area contributed by atoms with E-state index in [1.165, 1.54) is 25.6 Å². The fourth-order valence-electron chi connectivity index (χ4n) is 3.10. The normalized spacial score (nSPS) is 10.5. The first-order valence-electron chi connectivity index (χ1n) is 9.45. The first-order valence-corrected chi connectivity index (χ1v) is 10.6. The molecule has 0 aliphatic heterocycles. The Morgan fingerprint density at radius 1 is 0.903 bits per heavy atom. The second-order valence-corrected chi connectivity index (χ2v) is 7.98. The number of nitrogens with zero attached hydrogens (tertiary/aromatic N) is 1. The molecule has 156 valence electrons. The van der Waals surface area contributed by atoms with Gasteiger partial charge in [0.15, 0.2) is 11.5 Å². The van der Waals surface area contributed by atoms with E-state index in [1.807, 2.05) is 60.7 Å². The molecule has 0 fully saturated rings. The Bertz CT molecular complexity index is 1210. The monoisotopic (exact) mass is 450 g/mol. The van der Waals surface area contributed by atoms with Crippen molar-refractivity contribution in [2.45, 2.75) is 0 Å². The molecule has 5 nitrogen and oxygen atoms in total. The Kier molecular flexibility index (Phi) is 6.21. The molecule has 0 saturated carbocycles. The molecule has 0 aliphatic carbocycles. The van der Waals surface area contributed by atoms with Gasteiger partial charge in [-0.2, -0.15) is 0 Å². The lowest BCUT2D eigenvalue weighted by molar-refractivity contribution is 0.103. The van der Waals surface area contributed by atoms with Crippen LogP contribution in [0.15, 0.2) is 72.8 Å². The fourth-order valence-corrected chi connectivity index (χ4v) is 4.29. The van der Waals surface area contributed by atoms with E-state index in [2.05, 4.69) is 5.32 Å². The van der Waals surface area contributed by atoms with Crippen LogP contribution >= 0.6 is 22.9 Å². The Morgan fingerprint density at radius 3 is 2.10 bits per heavy atom. The molecule has 31 heavy (non-hydrogen) atoms. The van der Waals surface area contributed by atoms with Gasteiger partial charge in [0.2, 0.25) is 0 Å². The highest BCUT2D eigenvalue weighted by atomic mass is 35.5. The summed E-state index contributed by atoms with van der Waals surface area (Å²) in [6, 6.07) is 22.7. The van der Waals surface area contributed by atoms with Gasteiger partial charge in [-0.1, -0.05) is 72.3 Å². The lowest BCUT2D eigenvalue weighted by atomic mass is 10.1. The third-order valence-corrected chi connectivity index (χ3v) is 6.04. The Balaban J connectivity index is 1.75. The molecule has 0 aliphatic rings. The number of halogens is 1. The van der Waals surface area contributed by atoms with Gasteiger partial charge in [0.05, 0.1) is 30.6 Å². The number of rotatable bonds is 6. The second kappa shape index (κ2) is 9.20. The summed E-state index contributed by atoms with van der Waals surface area (Å²) in [6.45, 7) is 0. The van der Waals surface area contributed by atoms with E-state index in [0.717, 1.165) is 16.1 Å². The number of carbonyl (C=O) groups is 1. The molecule has 1 aromatic heterocycles. The standard InChI is InChI=1S/C24H19ClN2O3S/c1-29-19-13-17(25)18(14-20(19)30-2)26-23(28)22-21(15-9-5-3-6-10-15)27-24(31-22)16-11-7-4-8-12-16/h3-14H,1-2H3,(H,26,28). The number of nitrogens with one attached hydrogen (secondary N) is 1. The van der Waals surface area contributed by atoms with E-state index >= 15 is 0 Å². The van der Waals surface area contributed by atoms with Gasteiger partial charge in [-0.05, 0) is 0 Å². The molecule has 1 N–H and O–H groups in total. The van der Waals surface area contributed by atoms with Gasteiger partial charge in [-0.3, -0.25) is 4.79 Å². The summed E-state index contributed by atoms with van der Waals surface area (Å²) >= 11 is 7.70. The van der Waals surface area contributed by atoms with Crippen molar-refractivity contribution in [2.24, 2.45) is 0 Å². The van der Waals surface area contributed by atoms with Gasteiger partial charge in [-0.15, -0.1) is 11.3 Å². The molecule has 7 heteroatoms. The molecular weight excluding hydrogens is 432 g/mol. The molecule has 0 unspecified atom stereocenters. The van der Waals surface area contributed by atoms with Gasteiger partial charge in [-0.25, -0.2) is 4.98 Å². The summed E-state index contributed by atoms with van der Waals surface area (Å²) in [4.78, 5) is 18.6. The molecule has 0 bridgehead atoms. The number of hydrogen-bond acceptors (Lipinski definition) is 5. The molecule has 4 aromatic rings. The van der Waals surface area contributed by atoms with Crippen LogP contribution in [0.5, 0.6) is 11.5 Å². The molecule has 0 saturated heterocycles. The molecule has 0 spiro atoms. The van der Waals surface area contributed by atoms with E-state index in [-0.39, 0.29) is 5.91 Å². The van der Waals surface area contributed by atoms with Crippen LogP contribution in [0.4, 0.5) is 5.69 Å². The number of aromatic nitrogens is 1. The summed E-state index contributed by atoms with van der Waals surface area (Å²) < 4.78 is 10.6. The Morgan fingerprint density at radius 2 is 1.48 bits per heavy atom. The van der Waals surface area contributed by atoms with Crippen molar-refractivity contribution < 1.29 is 14.3 Å². The number of amides is 1. The summed E-state index contributed by atoms with van der Waals surface area (Å²) in [5, 5.41) is 4.01. The smallest absolute Gasteiger partial charge is 0.268 e. The van der Waals surface area contributed by atoms with Crippen molar-refractivity contribution >= 4 is 34.5 Å². The minimum atomic E-state index is -0.298. The molecular formula is C24H19ClN2O3S. The summed E-state index contributed by atoms with van der Waals surface area (Å²) in [5.74, 6) is 0.659. The Labute approximate surface area is 189 Å². The van der Waals surface area contributed by atoms with Crippen molar-refractivity contribution in [2.75, 3.05) is 19.5 Å². The highest BCUT2D eigenvalue weighted by Crippen LogP contribution is 2.38. The van der Waals surface area contributed by atoms with E-state index in [0.29, 0.717) is 32.8 Å². The van der Waals surface area contributed by atoms with Gasteiger partial charge >= 0.3 is 0 Å². The highest BCUT2D eigenvalue weighted by molar-refractivity contribution is 7.17. The van der Waals surface area contributed by atoms with Crippen LogP contribution < -0.4 is 14.8 Å². The molecule has 0 radical (unpaired) electrons. The van der Waals surface area contributed by atoms with Crippen molar-refractivity contribution in [1.29, 1.82) is 0 Å². The zero-order valence-corrected chi connectivity index (χ0v) is 18.5. The number of ether oxygens (including phenoxy) is 2. The van der Waals surface area contributed by atoms with E-state index < -0.39 is 0 Å². The predicted octanol–water partition coefficient (Wildman–Crippen LogP) is 6.40. The van der Waals surface area contributed by atoms with E-state index in [9.17, 15) is 4.79 Å². The molecule has 3 aromatic carbocycles. The zero-order chi connectivity index (χ0) is 21.8. The number of hydrogen-bond donors (Lipinski definition) is 1. The van der Waals surface area contributed by atoms with Crippen LogP contribution in [0.25, 0.3) is 21.8 Å². The topological polar surface area (TPSA) is 60.5 Å². The minimum absolute atomic E-state index is 0.298. The summed E-state index contributed by atoms with van der Waals surface area (Å²) in [5.41, 5.74) is 2.87. The van der Waals surface area contributed by atoms with Crippen molar-refractivity contribution in [3.63, 3.8) is 0 Å². The number of carbonyl (C=O) groups excluding carboxylic acids is 1. The number of methoxy groups -OCH3 is 2. The Hall–Kier alpha value is -3.35. The van der Waals surface area contributed by atoms with Crippen LogP contribution in [-0.2, 0) is 0 Å². The molecule has 1 amide bonds.